The third kappa shape index (κ3) is 2.56. The molecule has 88 valence electrons. The van der Waals surface area contributed by atoms with Gasteiger partial charge in [-0.05, 0) is 24.7 Å². The van der Waals surface area contributed by atoms with Crippen LogP contribution < -0.4 is 5.32 Å². The second kappa shape index (κ2) is 5.43. The highest BCUT2D eigenvalue weighted by atomic mass is 79.9. The summed E-state index contributed by atoms with van der Waals surface area (Å²) in [4.78, 5) is 0. The predicted octanol–water partition coefficient (Wildman–Crippen LogP) is 3.90. The molecule has 2 aromatic rings. The molecule has 2 rings (SSSR count). The largest absolute Gasteiger partial charge is 0.309 e. The van der Waals surface area contributed by atoms with Crippen LogP contribution in [0.15, 0.2) is 53.0 Å². The summed E-state index contributed by atoms with van der Waals surface area (Å²) in [6, 6.07) is 14.7. The van der Waals surface area contributed by atoms with E-state index in [0.29, 0.717) is 5.56 Å². The molecule has 2 aromatic carbocycles. The maximum atomic E-state index is 13.9. The van der Waals surface area contributed by atoms with E-state index in [-0.39, 0.29) is 11.9 Å². The Bertz CT molecular complexity index is 479. The summed E-state index contributed by atoms with van der Waals surface area (Å²) < 4.78 is 14.7. The molecule has 17 heavy (non-hydrogen) atoms. The number of rotatable bonds is 3. The zero-order chi connectivity index (χ0) is 12.3. The Kier molecular flexibility index (Phi) is 3.92. The Balaban J connectivity index is 2.50. The molecule has 0 fully saturated rings. The van der Waals surface area contributed by atoms with Crippen molar-refractivity contribution in [1.29, 1.82) is 0 Å². The van der Waals surface area contributed by atoms with Crippen molar-refractivity contribution in [3.8, 4) is 0 Å². The zero-order valence-corrected chi connectivity index (χ0v) is 11.0. The van der Waals surface area contributed by atoms with Crippen LogP contribution in [0.2, 0.25) is 0 Å². The number of hydrogen-bond acceptors (Lipinski definition) is 1. The lowest BCUT2D eigenvalue weighted by molar-refractivity contribution is 0.574. The third-order valence-electron chi connectivity index (χ3n) is 2.71. The first-order valence-electron chi connectivity index (χ1n) is 5.40. The summed E-state index contributed by atoms with van der Waals surface area (Å²) in [6.07, 6.45) is 0. The van der Waals surface area contributed by atoms with E-state index >= 15 is 0 Å². The summed E-state index contributed by atoms with van der Waals surface area (Å²) >= 11 is 3.41. The number of benzene rings is 2. The SMILES string of the molecule is CNC(c1ccccc1)c1c(F)cccc1Br. The van der Waals surface area contributed by atoms with E-state index in [1.165, 1.54) is 6.07 Å². The Morgan fingerprint density at radius 2 is 1.76 bits per heavy atom. The minimum absolute atomic E-state index is 0.147. The molecule has 0 aromatic heterocycles. The Morgan fingerprint density at radius 3 is 2.35 bits per heavy atom. The minimum Gasteiger partial charge on any atom is -0.309 e. The summed E-state index contributed by atoms with van der Waals surface area (Å²) in [5.74, 6) is -0.206. The summed E-state index contributed by atoms with van der Waals surface area (Å²) in [6.45, 7) is 0. The van der Waals surface area contributed by atoms with Gasteiger partial charge in [-0.2, -0.15) is 0 Å². The van der Waals surface area contributed by atoms with Crippen LogP contribution in [0.5, 0.6) is 0 Å². The Hall–Kier alpha value is -1.19. The van der Waals surface area contributed by atoms with Gasteiger partial charge < -0.3 is 5.32 Å². The normalized spacial score (nSPS) is 12.4. The molecule has 0 saturated heterocycles. The molecule has 1 nitrogen and oxygen atoms in total. The first-order valence-corrected chi connectivity index (χ1v) is 6.19. The van der Waals surface area contributed by atoms with Crippen LogP contribution in [0.4, 0.5) is 4.39 Å². The van der Waals surface area contributed by atoms with Crippen LogP contribution in [0, 0.1) is 5.82 Å². The Labute approximate surface area is 109 Å². The van der Waals surface area contributed by atoms with Gasteiger partial charge in [0.25, 0.3) is 0 Å². The molecule has 0 spiro atoms. The second-order valence-corrected chi connectivity index (χ2v) is 4.62. The average molecular weight is 294 g/mol. The quantitative estimate of drug-likeness (QED) is 0.905. The molecule has 0 radical (unpaired) electrons. The molecule has 3 heteroatoms. The van der Waals surface area contributed by atoms with Crippen LogP contribution >= 0.6 is 15.9 Å². The standard InChI is InChI=1S/C14H13BrFN/c1-17-14(10-6-3-2-4-7-10)13-11(15)8-5-9-12(13)16/h2-9,14,17H,1H3. The van der Waals surface area contributed by atoms with Gasteiger partial charge in [0.1, 0.15) is 5.82 Å². The monoisotopic (exact) mass is 293 g/mol. The van der Waals surface area contributed by atoms with Gasteiger partial charge in [0, 0.05) is 10.0 Å². The van der Waals surface area contributed by atoms with Crippen LogP contribution in [0.3, 0.4) is 0 Å². The maximum Gasteiger partial charge on any atom is 0.129 e. The smallest absolute Gasteiger partial charge is 0.129 e. The maximum absolute atomic E-state index is 13.9. The highest BCUT2D eigenvalue weighted by Gasteiger charge is 2.18. The van der Waals surface area contributed by atoms with E-state index in [0.717, 1.165) is 10.0 Å². The van der Waals surface area contributed by atoms with Crippen LogP contribution in [-0.4, -0.2) is 7.05 Å². The van der Waals surface area contributed by atoms with Gasteiger partial charge >= 0.3 is 0 Å². The van der Waals surface area contributed by atoms with Crippen molar-refractivity contribution >= 4 is 15.9 Å². The van der Waals surface area contributed by atoms with E-state index in [1.54, 1.807) is 6.07 Å². The van der Waals surface area contributed by atoms with Gasteiger partial charge in [-0.25, -0.2) is 4.39 Å². The van der Waals surface area contributed by atoms with E-state index < -0.39 is 0 Å². The first-order chi connectivity index (χ1) is 8.24. The van der Waals surface area contributed by atoms with Gasteiger partial charge in [-0.3, -0.25) is 0 Å². The summed E-state index contributed by atoms with van der Waals surface area (Å²) in [5, 5.41) is 3.15. The second-order valence-electron chi connectivity index (χ2n) is 3.77. The molecule has 0 aliphatic heterocycles. The van der Waals surface area contributed by atoms with Crippen molar-refractivity contribution < 1.29 is 4.39 Å². The van der Waals surface area contributed by atoms with Gasteiger partial charge in [0.2, 0.25) is 0 Å². The molecular formula is C14H13BrFN. The number of hydrogen-bond donors (Lipinski definition) is 1. The molecule has 0 bridgehead atoms. The number of nitrogens with one attached hydrogen (secondary N) is 1. The molecule has 1 atom stereocenters. The fourth-order valence-corrected chi connectivity index (χ4v) is 2.48. The van der Waals surface area contributed by atoms with Gasteiger partial charge in [0.05, 0.1) is 6.04 Å². The van der Waals surface area contributed by atoms with Crippen LogP contribution in [0.25, 0.3) is 0 Å². The van der Waals surface area contributed by atoms with Crippen LogP contribution in [-0.2, 0) is 0 Å². The van der Waals surface area contributed by atoms with E-state index in [4.69, 9.17) is 0 Å². The van der Waals surface area contributed by atoms with E-state index in [1.807, 2.05) is 43.4 Å². The van der Waals surface area contributed by atoms with Gasteiger partial charge in [0.15, 0.2) is 0 Å². The van der Waals surface area contributed by atoms with Crippen molar-refractivity contribution in [3.63, 3.8) is 0 Å². The lowest BCUT2D eigenvalue weighted by Crippen LogP contribution is -2.19. The molecular weight excluding hydrogens is 281 g/mol. The highest BCUT2D eigenvalue weighted by molar-refractivity contribution is 9.10. The molecule has 0 amide bonds. The zero-order valence-electron chi connectivity index (χ0n) is 9.45. The van der Waals surface area contributed by atoms with Crippen molar-refractivity contribution in [2.24, 2.45) is 0 Å². The topological polar surface area (TPSA) is 12.0 Å². The molecule has 0 aliphatic rings. The first kappa shape index (κ1) is 12.3. The number of halogens is 2. The Morgan fingerprint density at radius 1 is 1.06 bits per heavy atom. The van der Waals surface area contributed by atoms with Crippen molar-refractivity contribution in [1.82, 2.24) is 5.32 Å². The van der Waals surface area contributed by atoms with E-state index in [9.17, 15) is 4.39 Å². The fourth-order valence-electron chi connectivity index (χ4n) is 1.91. The van der Waals surface area contributed by atoms with Crippen LogP contribution in [0.1, 0.15) is 17.2 Å². The molecule has 1 N–H and O–H groups in total. The molecule has 0 aliphatic carbocycles. The lowest BCUT2D eigenvalue weighted by atomic mass is 9.98. The highest BCUT2D eigenvalue weighted by Crippen LogP contribution is 2.30. The fraction of sp³-hybridized carbons (Fsp3) is 0.143. The summed E-state index contributed by atoms with van der Waals surface area (Å²) in [7, 11) is 1.83. The van der Waals surface area contributed by atoms with Crippen molar-refractivity contribution in [2.45, 2.75) is 6.04 Å². The molecule has 0 saturated carbocycles. The summed E-state index contributed by atoms with van der Waals surface area (Å²) in [5.41, 5.74) is 1.68. The van der Waals surface area contributed by atoms with Crippen molar-refractivity contribution in [2.75, 3.05) is 7.05 Å². The predicted molar refractivity (Wildman–Crippen MR) is 71.4 cm³/mol. The van der Waals surface area contributed by atoms with Gasteiger partial charge in [-0.15, -0.1) is 0 Å². The average Bonchev–Trinajstić information content (AvgIpc) is 2.35. The molecule has 0 heterocycles. The van der Waals surface area contributed by atoms with Gasteiger partial charge in [-0.1, -0.05) is 52.3 Å². The third-order valence-corrected chi connectivity index (χ3v) is 3.40. The minimum atomic E-state index is -0.206. The molecule has 1 unspecified atom stereocenters. The van der Waals surface area contributed by atoms with Crippen molar-refractivity contribution in [3.05, 3.63) is 69.9 Å². The lowest BCUT2D eigenvalue weighted by Gasteiger charge is -2.19. The van der Waals surface area contributed by atoms with E-state index in [2.05, 4.69) is 21.2 Å².